The molecule has 0 unspecified atom stereocenters. The maximum absolute atomic E-state index is 12.6. The molecule has 0 amide bonds. The van der Waals surface area contributed by atoms with E-state index in [4.69, 9.17) is 10.5 Å². The van der Waals surface area contributed by atoms with Gasteiger partial charge in [0.2, 0.25) is 5.43 Å². The zero-order valence-corrected chi connectivity index (χ0v) is 13.1. The zero-order chi connectivity index (χ0) is 16.3. The third-order valence-corrected chi connectivity index (χ3v) is 3.42. The summed E-state index contributed by atoms with van der Waals surface area (Å²) >= 11 is 0. The van der Waals surface area contributed by atoms with E-state index >= 15 is 0 Å². The number of fused-ring (bicyclic) bond motifs is 1. The second-order valence-electron chi connectivity index (χ2n) is 5.33. The number of nitrogens with zero attached hydrogens (tertiary/aromatic N) is 2. The van der Waals surface area contributed by atoms with Crippen molar-refractivity contribution in [3.8, 4) is 0 Å². The number of carbonyl (C=O) groups is 1. The van der Waals surface area contributed by atoms with Crippen LogP contribution in [0.2, 0.25) is 0 Å². The monoisotopic (exact) mass is 303 g/mol. The Labute approximate surface area is 129 Å². The van der Waals surface area contributed by atoms with E-state index in [2.05, 4.69) is 0 Å². The van der Waals surface area contributed by atoms with Crippen molar-refractivity contribution in [2.45, 2.75) is 13.5 Å². The number of ether oxygens (including phenoxy) is 1. The van der Waals surface area contributed by atoms with Crippen LogP contribution in [-0.4, -0.2) is 42.7 Å². The molecule has 22 heavy (non-hydrogen) atoms. The number of rotatable bonds is 5. The summed E-state index contributed by atoms with van der Waals surface area (Å²) in [5.74, 6) is -0.615. The van der Waals surface area contributed by atoms with Crippen molar-refractivity contribution >= 4 is 22.6 Å². The highest BCUT2D eigenvalue weighted by molar-refractivity contribution is 5.97. The molecule has 6 nitrogen and oxygen atoms in total. The average molecular weight is 303 g/mol. The van der Waals surface area contributed by atoms with Gasteiger partial charge >= 0.3 is 5.97 Å². The summed E-state index contributed by atoms with van der Waals surface area (Å²) in [6.45, 7) is 3.34. The van der Waals surface area contributed by atoms with Gasteiger partial charge in [0.25, 0.3) is 0 Å². The Hall–Kier alpha value is -2.34. The number of hydrogen-bond acceptors (Lipinski definition) is 5. The van der Waals surface area contributed by atoms with E-state index in [1.165, 1.54) is 0 Å². The summed E-state index contributed by atoms with van der Waals surface area (Å²) in [5.41, 5.74) is 6.68. The van der Waals surface area contributed by atoms with Crippen LogP contribution in [0.3, 0.4) is 0 Å². The van der Waals surface area contributed by atoms with Gasteiger partial charge < -0.3 is 19.9 Å². The topological polar surface area (TPSA) is 77.6 Å². The maximum Gasteiger partial charge on any atom is 0.343 e. The number of likely N-dealkylation sites (N-methyl/N-ethyl adjacent to an activating group) is 1. The lowest BCUT2D eigenvalue weighted by Gasteiger charge is -2.16. The fourth-order valence-corrected chi connectivity index (χ4v) is 2.31. The molecule has 118 valence electrons. The van der Waals surface area contributed by atoms with Crippen molar-refractivity contribution in [2.75, 3.05) is 33.0 Å². The van der Waals surface area contributed by atoms with Crippen molar-refractivity contribution in [1.29, 1.82) is 0 Å². The highest BCUT2D eigenvalue weighted by Crippen LogP contribution is 2.18. The molecule has 0 saturated heterocycles. The van der Waals surface area contributed by atoms with Crippen molar-refractivity contribution in [2.24, 2.45) is 0 Å². The van der Waals surface area contributed by atoms with E-state index in [9.17, 15) is 9.59 Å². The summed E-state index contributed by atoms with van der Waals surface area (Å²) in [4.78, 5) is 26.6. The van der Waals surface area contributed by atoms with Gasteiger partial charge in [-0.1, -0.05) is 6.07 Å². The van der Waals surface area contributed by atoms with Gasteiger partial charge in [0.05, 0.1) is 17.5 Å². The Morgan fingerprint density at radius 3 is 2.73 bits per heavy atom. The number of hydrogen-bond donors (Lipinski definition) is 1. The SMILES string of the molecule is CCOC(=O)c1cn(CCN(C)C)c2cccc(N)c2c1=O. The number of aromatic nitrogens is 1. The predicted octanol–water partition coefficient (Wildman–Crippen LogP) is 1.32. The number of carbonyl (C=O) groups excluding carboxylic acids is 1. The molecule has 2 N–H and O–H groups in total. The van der Waals surface area contributed by atoms with Gasteiger partial charge in [-0.3, -0.25) is 4.79 Å². The number of nitrogens with two attached hydrogens (primary N) is 1. The standard InChI is InChI=1S/C16H21N3O3/c1-4-22-16(21)11-10-19(9-8-18(2)3)13-7-5-6-12(17)14(13)15(11)20/h5-7,10H,4,8-9,17H2,1-3H3. The lowest BCUT2D eigenvalue weighted by atomic mass is 10.1. The van der Waals surface area contributed by atoms with Crippen LogP contribution >= 0.6 is 0 Å². The minimum atomic E-state index is -0.615. The van der Waals surface area contributed by atoms with Gasteiger partial charge in [0, 0.05) is 25.0 Å². The molecule has 0 saturated carbocycles. The van der Waals surface area contributed by atoms with Crippen LogP contribution in [0.4, 0.5) is 5.69 Å². The molecule has 0 aliphatic rings. The lowest BCUT2D eigenvalue weighted by molar-refractivity contribution is 0.0524. The summed E-state index contributed by atoms with van der Waals surface area (Å²) in [6, 6.07) is 5.29. The minimum absolute atomic E-state index is 0.0195. The molecule has 0 spiro atoms. The first-order chi connectivity index (χ1) is 10.5. The van der Waals surface area contributed by atoms with Gasteiger partial charge in [-0.25, -0.2) is 4.79 Å². The predicted molar refractivity (Wildman–Crippen MR) is 87.1 cm³/mol. The van der Waals surface area contributed by atoms with Crippen molar-refractivity contribution in [1.82, 2.24) is 9.47 Å². The molecule has 1 aromatic carbocycles. The second kappa shape index (κ2) is 6.62. The number of anilines is 1. The first-order valence-corrected chi connectivity index (χ1v) is 7.19. The highest BCUT2D eigenvalue weighted by Gasteiger charge is 2.17. The van der Waals surface area contributed by atoms with E-state index in [1.807, 2.05) is 29.6 Å². The van der Waals surface area contributed by atoms with Gasteiger partial charge in [-0.2, -0.15) is 0 Å². The third-order valence-electron chi connectivity index (χ3n) is 3.42. The fourth-order valence-electron chi connectivity index (χ4n) is 2.31. The molecule has 0 aliphatic carbocycles. The van der Waals surface area contributed by atoms with Crippen LogP contribution in [0.1, 0.15) is 17.3 Å². The molecule has 0 fully saturated rings. The molecule has 1 aromatic heterocycles. The van der Waals surface area contributed by atoms with Crippen molar-refractivity contribution in [3.63, 3.8) is 0 Å². The molecule has 2 aromatic rings. The molecule has 1 heterocycles. The van der Waals surface area contributed by atoms with Crippen molar-refractivity contribution in [3.05, 3.63) is 40.2 Å². The van der Waals surface area contributed by atoms with Gasteiger partial charge in [0.15, 0.2) is 0 Å². The summed E-state index contributed by atoms with van der Waals surface area (Å²) in [5, 5.41) is 0.367. The largest absolute Gasteiger partial charge is 0.462 e. The molecule has 2 rings (SSSR count). The number of esters is 1. The molecular weight excluding hydrogens is 282 g/mol. The highest BCUT2D eigenvalue weighted by atomic mass is 16.5. The lowest BCUT2D eigenvalue weighted by Crippen LogP contribution is -2.24. The zero-order valence-electron chi connectivity index (χ0n) is 13.1. The van der Waals surface area contributed by atoms with E-state index in [0.717, 1.165) is 12.1 Å². The fraction of sp³-hybridized carbons (Fsp3) is 0.375. The molecule has 0 radical (unpaired) electrons. The van der Waals surface area contributed by atoms with E-state index in [-0.39, 0.29) is 17.6 Å². The Morgan fingerprint density at radius 1 is 1.36 bits per heavy atom. The summed E-state index contributed by atoms with van der Waals surface area (Å²) in [7, 11) is 3.93. The van der Waals surface area contributed by atoms with Crippen LogP contribution in [0.5, 0.6) is 0 Å². The quantitative estimate of drug-likeness (QED) is 0.666. The normalized spacial score (nSPS) is 11.1. The molecular formula is C16H21N3O3. The average Bonchev–Trinajstić information content (AvgIpc) is 2.46. The van der Waals surface area contributed by atoms with Crippen LogP contribution in [0.15, 0.2) is 29.2 Å². The number of nitrogen functional groups attached to an aromatic ring is 1. The van der Waals surface area contributed by atoms with Crippen LogP contribution in [0, 0.1) is 0 Å². The minimum Gasteiger partial charge on any atom is -0.462 e. The van der Waals surface area contributed by atoms with E-state index in [0.29, 0.717) is 17.6 Å². The Kier molecular flexibility index (Phi) is 4.82. The Balaban J connectivity index is 2.67. The van der Waals surface area contributed by atoms with Crippen molar-refractivity contribution < 1.29 is 9.53 Å². The summed E-state index contributed by atoms with van der Waals surface area (Å²) < 4.78 is 6.85. The molecule has 0 atom stereocenters. The van der Waals surface area contributed by atoms with Gasteiger partial charge in [-0.15, -0.1) is 0 Å². The van der Waals surface area contributed by atoms with Crippen LogP contribution < -0.4 is 11.2 Å². The number of pyridine rings is 1. The Bertz CT molecular complexity index is 750. The first-order valence-electron chi connectivity index (χ1n) is 7.19. The maximum atomic E-state index is 12.6. The summed E-state index contributed by atoms with van der Waals surface area (Å²) in [6.07, 6.45) is 1.56. The first kappa shape index (κ1) is 16.0. The molecule has 0 bridgehead atoms. The van der Waals surface area contributed by atoms with Gasteiger partial charge in [-0.05, 0) is 33.2 Å². The molecule has 6 heteroatoms. The van der Waals surface area contributed by atoms with Crippen LogP contribution in [0.25, 0.3) is 10.9 Å². The van der Waals surface area contributed by atoms with Gasteiger partial charge in [0.1, 0.15) is 5.56 Å². The smallest absolute Gasteiger partial charge is 0.343 e. The van der Waals surface area contributed by atoms with E-state index in [1.54, 1.807) is 25.3 Å². The van der Waals surface area contributed by atoms with Crippen LogP contribution in [-0.2, 0) is 11.3 Å². The Morgan fingerprint density at radius 2 is 2.09 bits per heavy atom. The number of benzene rings is 1. The third kappa shape index (κ3) is 3.12. The second-order valence-corrected chi connectivity index (χ2v) is 5.33. The molecule has 0 aliphatic heterocycles. The van der Waals surface area contributed by atoms with E-state index < -0.39 is 5.97 Å².